The van der Waals surface area contributed by atoms with E-state index < -0.39 is 23.7 Å². The molecule has 3 aliphatic heterocycles. The third-order valence-electron chi connectivity index (χ3n) is 10.4. The summed E-state index contributed by atoms with van der Waals surface area (Å²) in [5, 5.41) is 15.8. The summed E-state index contributed by atoms with van der Waals surface area (Å²) in [6.45, 7) is 6.54. The first-order chi connectivity index (χ1) is 24.3. The number of ether oxygens (including phenoxy) is 3. The predicted octanol–water partition coefficient (Wildman–Crippen LogP) is 4.20. The maximum absolute atomic E-state index is 12.8. The highest BCUT2D eigenvalue weighted by atomic mass is 16.6. The number of hydrogen-bond acceptors (Lipinski definition) is 11. The molecule has 1 N–H and O–H groups in total. The van der Waals surface area contributed by atoms with Gasteiger partial charge in [0.1, 0.15) is 46.1 Å². The Balaban J connectivity index is 1.07. The van der Waals surface area contributed by atoms with Crippen LogP contribution in [-0.2, 0) is 21.3 Å². The van der Waals surface area contributed by atoms with Gasteiger partial charge in [0.2, 0.25) is 5.88 Å². The van der Waals surface area contributed by atoms with Gasteiger partial charge >= 0.3 is 5.97 Å². The van der Waals surface area contributed by atoms with E-state index in [0.29, 0.717) is 54.7 Å². The number of para-hydroxylation sites is 1. The van der Waals surface area contributed by atoms with Crippen LogP contribution < -0.4 is 14.5 Å². The Morgan fingerprint density at radius 3 is 2.70 bits per heavy atom. The Hall–Kier alpha value is -5.19. The highest BCUT2D eigenvalue weighted by Gasteiger charge is 2.50. The van der Waals surface area contributed by atoms with Crippen LogP contribution in [0.25, 0.3) is 22.1 Å². The van der Waals surface area contributed by atoms with Gasteiger partial charge < -0.3 is 33.5 Å². The molecule has 1 aromatic carbocycles. The molecule has 4 aliphatic rings. The molecule has 3 atom stereocenters. The van der Waals surface area contributed by atoms with Crippen LogP contribution in [0.2, 0.25) is 0 Å². The number of morpholine rings is 1. The predicted molar refractivity (Wildman–Crippen MR) is 184 cm³/mol. The summed E-state index contributed by atoms with van der Waals surface area (Å²) >= 11 is 0. The molecule has 1 aliphatic carbocycles. The normalized spacial score (nSPS) is 22.9. The Morgan fingerprint density at radius 1 is 1.12 bits per heavy atom. The molecule has 1 spiro atoms. The average molecular weight is 676 g/mol. The van der Waals surface area contributed by atoms with Gasteiger partial charge in [-0.2, -0.15) is 5.10 Å². The maximum atomic E-state index is 12.8. The number of nitrogens with zero attached hydrogens (tertiary/aromatic N) is 7. The van der Waals surface area contributed by atoms with Crippen LogP contribution in [0.4, 0.5) is 11.5 Å². The summed E-state index contributed by atoms with van der Waals surface area (Å²) in [6, 6.07) is 10.8. The Morgan fingerprint density at radius 2 is 1.96 bits per heavy atom. The molecule has 5 aromatic rings. The zero-order valence-electron chi connectivity index (χ0n) is 28.1. The van der Waals surface area contributed by atoms with Gasteiger partial charge in [-0.3, -0.25) is 4.68 Å². The van der Waals surface area contributed by atoms with Crippen molar-refractivity contribution < 1.29 is 28.5 Å². The standard InChI is InChI=1S/C37H37N7O6/c1-21-14-25(42(3)41-21)11-8-23-15-28(43-12-13-48-37(22(43)2)19-47-20-37)35(38-17-23)49-26-16-29(36(45)46)44(18-26)34-32-31(39-33(40-34)24-9-10-24)27-6-4-5-7-30(27)50-32/h4-7,14-15,17,22,24,26,29H,9-10,12-13,16,18-20H2,1-3H3,(H,45,46)/t22-,26-,29-/m0/s1. The highest BCUT2D eigenvalue weighted by Crippen LogP contribution is 2.44. The number of aromatic nitrogens is 5. The number of fused-ring (bicyclic) bond motifs is 3. The maximum Gasteiger partial charge on any atom is 0.326 e. The molecule has 50 heavy (non-hydrogen) atoms. The van der Waals surface area contributed by atoms with Crippen LogP contribution in [0.15, 0.2) is 47.0 Å². The summed E-state index contributed by atoms with van der Waals surface area (Å²) in [4.78, 5) is 31.5. The number of carboxylic acid groups (broad SMARTS) is 1. The van der Waals surface area contributed by atoms with Crippen molar-refractivity contribution in [1.82, 2.24) is 24.7 Å². The van der Waals surface area contributed by atoms with Crippen molar-refractivity contribution in [2.24, 2.45) is 7.05 Å². The van der Waals surface area contributed by atoms with Crippen LogP contribution >= 0.6 is 0 Å². The Bertz CT molecular complexity index is 2210. The number of aryl methyl sites for hydroxylation is 2. The zero-order valence-corrected chi connectivity index (χ0v) is 28.1. The smallest absolute Gasteiger partial charge is 0.326 e. The van der Waals surface area contributed by atoms with Crippen LogP contribution in [0.3, 0.4) is 0 Å². The van der Waals surface area contributed by atoms with Crippen molar-refractivity contribution in [3.63, 3.8) is 0 Å². The van der Waals surface area contributed by atoms with Crippen LogP contribution in [0, 0.1) is 18.8 Å². The second kappa shape index (κ2) is 11.7. The molecule has 0 unspecified atom stereocenters. The van der Waals surface area contributed by atoms with Gasteiger partial charge in [-0.15, -0.1) is 0 Å². The number of hydrogen-bond donors (Lipinski definition) is 1. The van der Waals surface area contributed by atoms with Crippen LogP contribution in [0.1, 0.15) is 54.9 Å². The molecule has 13 nitrogen and oxygen atoms in total. The van der Waals surface area contributed by atoms with Crippen molar-refractivity contribution >= 4 is 39.5 Å². The van der Waals surface area contributed by atoms with E-state index in [1.807, 2.05) is 50.4 Å². The summed E-state index contributed by atoms with van der Waals surface area (Å²) in [5.74, 6) is 7.42. The molecule has 7 heterocycles. The monoisotopic (exact) mass is 675 g/mol. The minimum atomic E-state index is -0.954. The summed E-state index contributed by atoms with van der Waals surface area (Å²) in [5.41, 5.74) is 4.67. The first-order valence-corrected chi connectivity index (χ1v) is 17.1. The van der Waals surface area contributed by atoms with E-state index in [2.05, 4.69) is 28.8 Å². The fraction of sp³-hybridized carbons (Fsp3) is 0.432. The van der Waals surface area contributed by atoms with Crippen molar-refractivity contribution in [3.8, 4) is 17.7 Å². The first kappa shape index (κ1) is 30.8. The highest BCUT2D eigenvalue weighted by molar-refractivity contribution is 6.06. The number of benzene rings is 1. The molecule has 3 saturated heterocycles. The van der Waals surface area contributed by atoms with Gasteiger partial charge in [-0.25, -0.2) is 19.7 Å². The molecule has 0 radical (unpaired) electrons. The largest absolute Gasteiger partial charge is 0.480 e. The lowest BCUT2D eigenvalue weighted by molar-refractivity contribution is -0.228. The minimum absolute atomic E-state index is 0.0211. The minimum Gasteiger partial charge on any atom is -0.480 e. The van der Waals surface area contributed by atoms with Gasteiger partial charge in [0.15, 0.2) is 11.4 Å². The summed E-state index contributed by atoms with van der Waals surface area (Å²) < 4.78 is 26.6. The van der Waals surface area contributed by atoms with Crippen LogP contribution in [-0.4, -0.2) is 92.5 Å². The Labute approximate surface area is 288 Å². The quantitative estimate of drug-likeness (QED) is 0.258. The molecule has 0 bridgehead atoms. The van der Waals surface area contributed by atoms with Crippen molar-refractivity contribution in [1.29, 1.82) is 0 Å². The molecular formula is C37H37N7O6. The van der Waals surface area contributed by atoms with E-state index in [1.165, 1.54) is 0 Å². The summed E-state index contributed by atoms with van der Waals surface area (Å²) in [6.07, 6.45) is 3.47. The van der Waals surface area contributed by atoms with E-state index in [-0.39, 0.29) is 24.9 Å². The molecule has 0 amide bonds. The number of aliphatic carboxylic acids is 1. The number of pyridine rings is 1. The third-order valence-corrected chi connectivity index (χ3v) is 10.4. The topological polar surface area (TPSA) is 141 Å². The van der Waals surface area contributed by atoms with Crippen molar-refractivity contribution in [3.05, 3.63) is 65.4 Å². The van der Waals surface area contributed by atoms with E-state index >= 15 is 0 Å². The van der Waals surface area contributed by atoms with Gasteiger partial charge in [0, 0.05) is 43.1 Å². The van der Waals surface area contributed by atoms with E-state index in [9.17, 15) is 9.90 Å². The third kappa shape index (κ3) is 5.21. The number of anilines is 2. The van der Waals surface area contributed by atoms with E-state index in [0.717, 1.165) is 46.7 Å². The molecular weight excluding hydrogens is 638 g/mol. The first-order valence-electron chi connectivity index (χ1n) is 17.1. The van der Waals surface area contributed by atoms with E-state index in [1.54, 1.807) is 15.8 Å². The van der Waals surface area contributed by atoms with Crippen molar-refractivity contribution in [2.75, 3.05) is 42.7 Å². The fourth-order valence-corrected chi connectivity index (χ4v) is 7.39. The molecule has 256 valence electrons. The fourth-order valence-electron chi connectivity index (χ4n) is 7.39. The molecule has 4 fully saturated rings. The Kier molecular flexibility index (Phi) is 7.22. The van der Waals surface area contributed by atoms with Gasteiger partial charge in [0.05, 0.1) is 38.1 Å². The number of carbonyl (C=O) groups is 1. The lowest BCUT2D eigenvalue weighted by Crippen LogP contribution is -2.68. The van der Waals surface area contributed by atoms with Crippen molar-refractivity contribution in [2.45, 2.75) is 62.8 Å². The average Bonchev–Trinajstić information content (AvgIpc) is 3.62. The molecule has 9 rings (SSSR count). The van der Waals surface area contributed by atoms with Gasteiger partial charge in [0.25, 0.3) is 0 Å². The number of furan rings is 1. The molecule has 4 aromatic heterocycles. The van der Waals surface area contributed by atoms with E-state index in [4.69, 9.17) is 33.6 Å². The van der Waals surface area contributed by atoms with Gasteiger partial charge in [-0.1, -0.05) is 18.1 Å². The lowest BCUT2D eigenvalue weighted by atomic mass is 9.90. The molecule has 13 heteroatoms. The SMILES string of the molecule is Cc1cc(C#Cc2cnc(O[C@H]3C[C@@H](C(=O)O)N(c4nc(C5CC5)nc5c4oc4ccccc45)C3)c(N3CCOC4(COC4)[C@@H]3C)c2)n(C)n1. The zero-order chi connectivity index (χ0) is 34.1. The number of rotatable bonds is 6. The lowest BCUT2D eigenvalue weighted by Gasteiger charge is -2.53. The summed E-state index contributed by atoms with van der Waals surface area (Å²) in [7, 11) is 1.87. The second-order valence-electron chi connectivity index (χ2n) is 13.8. The number of carboxylic acids is 1. The molecule has 1 saturated carbocycles. The van der Waals surface area contributed by atoms with Crippen LogP contribution in [0.5, 0.6) is 5.88 Å². The van der Waals surface area contributed by atoms with Gasteiger partial charge in [-0.05, 0) is 56.9 Å². The second-order valence-corrected chi connectivity index (χ2v) is 13.8.